The third kappa shape index (κ3) is 5.70. The Morgan fingerprint density at radius 1 is 1.20 bits per heavy atom. The molecule has 0 saturated carbocycles. The summed E-state index contributed by atoms with van der Waals surface area (Å²) in [5.74, 6) is 1.40. The topological polar surface area (TPSA) is 85.7 Å². The number of carbonyl (C=O) groups is 1. The first-order valence-electron chi connectivity index (χ1n) is 11.8. The summed E-state index contributed by atoms with van der Waals surface area (Å²) in [6.07, 6.45) is 3.43. The summed E-state index contributed by atoms with van der Waals surface area (Å²) in [5, 5.41) is 4.25. The number of amides is 1. The third-order valence-corrected chi connectivity index (χ3v) is 6.75. The predicted molar refractivity (Wildman–Crippen MR) is 138 cm³/mol. The normalized spacial score (nSPS) is 15.4. The van der Waals surface area contributed by atoms with Crippen molar-refractivity contribution in [2.24, 2.45) is 5.92 Å². The second-order valence-electron chi connectivity index (χ2n) is 8.91. The van der Waals surface area contributed by atoms with Crippen LogP contribution in [0.5, 0.6) is 11.5 Å². The molecule has 1 N–H and O–H groups in total. The number of nitrogens with one attached hydrogen (secondary N) is 1. The van der Waals surface area contributed by atoms with Gasteiger partial charge < -0.3 is 19.7 Å². The lowest BCUT2D eigenvalue weighted by Crippen LogP contribution is -2.31. The van der Waals surface area contributed by atoms with Gasteiger partial charge in [-0.1, -0.05) is 17.7 Å². The van der Waals surface area contributed by atoms with E-state index in [1.165, 1.54) is 23.6 Å². The van der Waals surface area contributed by atoms with E-state index in [0.29, 0.717) is 54.3 Å². The number of ether oxygens (including phenoxy) is 2. The van der Waals surface area contributed by atoms with E-state index in [9.17, 15) is 9.59 Å². The molecule has 186 valence electrons. The molecule has 9 heteroatoms. The Hall–Kier alpha value is -3.26. The van der Waals surface area contributed by atoms with Gasteiger partial charge in [0.15, 0.2) is 11.5 Å². The first-order valence-corrected chi connectivity index (χ1v) is 12.2. The molecule has 1 atom stereocenters. The maximum absolute atomic E-state index is 12.9. The van der Waals surface area contributed by atoms with Crippen molar-refractivity contribution in [1.82, 2.24) is 14.9 Å². The maximum Gasteiger partial charge on any atom is 0.261 e. The zero-order chi connectivity index (χ0) is 24.9. The second kappa shape index (κ2) is 11.0. The van der Waals surface area contributed by atoms with Crippen LogP contribution in [0.25, 0.3) is 10.9 Å². The summed E-state index contributed by atoms with van der Waals surface area (Å²) >= 11 is 6.17. The Morgan fingerprint density at radius 2 is 1.97 bits per heavy atom. The average molecular weight is 499 g/mol. The van der Waals surface area contributed by atoms with E-state index in [2.05, 4.69) is 22.1 Å². The molecule has 2 aromatic carbocycles. The second-order valence-corrected chi connectivity index (χ2v) is 9.34. The minimum atomic E-state index is -0.168. The van der Waals surface area contributed by atoms with Crippen LogP contribution in [0, 0.1) is 12.8 Å². The fourth-order valence-electron chi connectivity index (χ4n) is 4.54. The molecule has 1 aromatic heterocycles. The molecule has 4 rings (SSSR count). The fourth-order valence-corrected chi connectivity index (χ4v) is 4.71. The lowest BCUT2D eigenvalue weighted by molar-refractivity contribution is -0.121. The van der Waals surface area contributed by atoms with Gasteiger partial charge in [-0.05, 0) is 49.4 Å². The first kappa shape index (κ1) is 24.9. The van der Waals surface area contributed by atoms with Crippen LogP contribution in [-0.4, -0.2) is 49.3 Å². The summed E-state index contributed by atoms with van der Waals surface area (Å²) in [5.41, 5.74) is 2.74. The maximum atomic E-state index is 12.9. The number of aryl methyl sites for hydroxylation is 2. The number of rotatable bonds is 9. The van der Waals surface area contributed by atoms with E-state index in [4.69, 9.17) is 21.1 Å². The van der Waals surface area contributed by atoms with Gasteiger partial charge in [-0.3, -0.25) is 14.2 Å². The molecular formula is C26H31ClN4O4. The molecule has 0 aliphatic carbocycles. The van der Waals surface area contributed by atoms with Crippen molar-refractivity contribution in [1.29, 1.82) is 0 Å². The molecule has 1 aliphatic heterocycles. The highest BCUT2D eigenvalue weighted by molar-refractivity contribution is 6.30. The van der Waals surface area contributed by atoms with Crippen LogP contribution in [0.2, 0.25) is 5.02 Å². The smallest absolute Gasteiger partial charge is 0.261 e. The molecule has 0 bridgehead atoms. The SMILES string of the molecule is COc1cc2ncn(CCCC(=O)NC[C@H]3CCN(c4cc(Cl)ccc4C)C3)c(=O)c2cc1OC. The number of nitrogens with zero attached hydrogens (tertiary/aromatic N) is 3. The first-order chi connectivity index (χ1) is 16.9. The molecule has 1 saturated heterocycles. The number of aromatic nitrogens is 2. The van der Waals surface area contributed by atoms with Gasteiger partial charge in [0, 0.05) is 49.4 Å². The number of anilines is 1. The van der Waals surface area contributed by atoms with Gasteiger partial charge in [0.1, 0.15) is 0 Å². The highest BCUT2D eigenvalue weighted by atomic mass is 35.5. The monoisotopic (exact) mass is 498 g/mol. The Bertz CT molecular complexity index is 1280. The van der Waals surface area contributed by atoms with Crippen molar-refractivity contribution in [2.45, 2.75) is 32.7 Å². The van der Waals surface area contributed by atoms with Crippen LogP contribution in [0.3, 0.4) is 0 Å². The van der Waals surface area contributed by atoms with Gasteiger partial charge in [0.2, 0.25) is 5.91 Å². The summed E-state index contributed by atoms with van der Waals surface area (Å²) < 4.78 is 12.1. The number of benzene rings is 2. The molecule has 35 heavy (non-hydrogen) atoms. The van der Waals surface area contributed by atoms with Crippen molar-refractivity contribution < 1.29 is 14.3 Å². The van der Waals surface area contributed by atoms with E-state index in [1.807, 2.05) is 18.2 Å². The molecule has 8 nitrogen and oxygen atoms in total. The highest BCUT2D eigenvalue weighted by Crippen LogP contribution is 2.30. The van der Waals surface area contributed by atoms with E-state index >= 15 is 0 Å². The number of hydrogen-bond acceptors (Lipinski definition) is 6. The minimum Gasteiger partial charge on any atom is -0.493 e. The molecule has 0 spiro atoms. The lowest BCUT2D eigenvalue weighted by Gasteiger charge is -2.21. The van der Waals surface area contributed by atoms with Crippen LogP contribution in [0.1, 0.15) is 24.8 Å². The molecule has 0 unspecified atom stereocenters. The lowest BCUT2D eigenvalue weighted by atomic mass is 10.1. The van der Waals surface area contributed by atoms with Crippen LogP contribution in [0.4, 0.5) is 5.69 Å². The van der Waals surface area contributed by atoms with Gasteiger partial charge in [0.05, 0.1) is 31.4 Å². The number of carbonyl (C=O) groups excluding carboxylic acids is 1. The Kier molecular flexibility index (Phi) is 7.80. The van der Waals surface area contributed by atoms with Gasteiger partial charge in [-0.25, -0.2) is 4.98 Å². The molecule has 1 aliphatic rings. The molecule has 2 heterocycles. The van der Waals surface area contributed by atoms with Gasteiger partial charge in [-0.2, -0.15) is 0 Å². The molecule has 1 fully saturated rings. The van der Waals surface area contributed by atoms with E-state index < -0.39 is 0 Å². The van der Waals surface area contributed by atoms with Gasteiger partial charge in [0.25, 0.3) is 5.56 Å². The zero-order valence-corrected chi connectivity index (χ0v) is 21.1. The Morgan fingerprint density at radius 3 is 2.74 bits per heavy atom. The average Bonchev–Trinajstić information content (AvgIpc) is 3.33. The summed E-state index contributed by atoms with van der Waals surface area (Å²) in [6, 6.07) is 9.28. The summed E-state index contributed by atoms with van der Waals surface area (Å²) in [4.78, 5) is 32.0. The fraction of sp³-hybridized carbons (Fsp3) is 0.423. The van der Waals surface area contributed by atoms with Crippen molar-refractivity contribution in [3.63, 3.8) is 0 Å². The molecule has 1 amide bonds. The van der Waals surface area contributed by atoms with Crippen molar-refractivity contribution in [3.8, 4) is 11.5 Å². The standard InChI is InChI=1S/C26H31ClN4O4/c1-17-6-7-19(27)11-22(17)30-10-8-18(15-30)14-28-25(32)5-4-9-31-16-29-21-13-24(35-3)23(34-2)12-20(21)26(31)33/h6-7,11-13,16,18H,4-5,8-10,14-15H2,1-3H3,(H,28,32)/t18-/m1/s1. The Balaban J connectivity index is 1.27. The number of fused-ring (bicyclic) bond motifs is 1. The largest absolute Gasteiger partial charge is 0.493 e. The molecular weight excluding hydrogens is 468 g/mol. The Labute approximate surface area is 209 Å². The van der Waals surface area contributed by atoms with Crippen molar-refractivity contribution in [3.05, 3.63) is 57.6 Å². The number of hydrogen-bond donors (Lipinski definition) is 1. The molecule has 0 radical (unpaired) electrons. The third-order valence-electron chi connectivity index (χ3n) is 6.52. The van der Waals surface area contributed by atoms with Crippen LogP contribution >= 0.6 is 11.6 Å². The number of methoxy groups -OCH3 is 2. The van der Waals surface area contributed by atoms with Crippen LogP contribution < -0.4 is 25.2 Å². The minimum absolute atomic E-state index is 0.00408. The van der Waals surface area contributed by atoms with Crippen LogP contribution in [0.15, 0.2) is 41.5 Å². The zero-order valence-electron chi connectivity index (χ0n) is 20.3. The summed E-state index contributed by atoms with van der Waals surface area (Å²) in [6.45, 7) is 5.00. The van der Waals surface area contributed by atoms with Crippen molar-refractivity contribution in [2.75, 3.05) is 38.8 Å². The van der Waals surface area contributed by atoms with Crippen molar-refractivity contribution >= 4 is 34.1 Å². The molecule has 3 aromatic rings. The summed E-state index contributed by atoms with van der Waals surface area (Å²) in [7, 11) is 3.07. The van der Waals surface area contributed by atoms with E-state index in [0.717, 1.165) is 30.2 Å². The van der Waals surface area contributed by atoms with E-state index in [-0.39, 0.29) is 11.5 Å². The van der Waals surface area contributed by atoms with Crippen LogP contribution in [-0.2, 0) is 11.3 Å². The van der Waals surface area contributed by atoms with Gasteiger partial charge in [-0.15, -0.1) is 0 Å². The van der Waals surface area contributed by atoms with Gasteiger partial charge >= 0.3 is 0 Å². The number of halogens is 1. The highest BCUT2D eigenvalue weighted by Gasteiger charge is 2.24. The quantitative estimate of drug-likeness (QED) is 0.483. The predicted octanol–water partition coefficient (Wildman–Crippen LogP) is 3.80. The van der Waals surface area contributed by atoms with E-state index in [1.54, 1.807) is 19.2 Å².